The number of hydrogen-bond acceptors (Lipinski definition) is 2. The van der Waals surface area contributed by atoms with Crippen molar-refractivity contribution in [3.05, 3.63) is 34.2 Å². The highest BCUT2D eigenvalue weighted by atomic mass is 16.1. The molecule has 1 unspecified atom stereocenters. The summed E-state index contributed by atoms with van der Waals surface area (Å²) in [6, 6.07) is 5.68. The molecule has 0 amide bonds. The summed E-state index contributed by atoms with van der Waals surface area (Å²) in [5, 5.41) is 0. The maximum atomic E-state index is 11.1. The molecule has 1 aromatic carbocycles. The van der Waals surface area contributed by atoms with E-state index < -0.39 is 0 Å². The van der Waals surface area contributed by atoms with Crippen LogP contribution in [0.25, 0.3) is 11.0 Å². The van der Waals surface area contributed by atoms with Crippen molar-refractivity contribution in [2.75, 3.05) is 0 Å². The smallest absolute Gasteiger partial charge is 0.323 e. The average Bonchev–Trinajstić information content (AvgIpc) is 2.56. The second-order valence-electron chi connectivity index (χ2n) is 3.36. The van der Waals surface area contributed by atoms with Crippen molar-refractivity contribution < 1.29 is 0 Å². The second-order valence-corrected chi connectivity index (χ2v) is 3.36. The Bertz CT molecular complexity index is 497. The molecule has 1 aromatic heterocycles. The summed E-state index contributed by atoms with van der Waals surface area (Å²) < 4.78 is 0. The van der Waals surface area contributed by atoms with E-state index in [1.165, 1.54) is 0 Å². The third kappa shape index (κ3) is 1.33. The number of imidazole rings is 1. The van der Waals surface area contributed by atoms with Gasteiger partial charge in [-0.25, -0.2) is 4.79 Å². The Morgan fingerprint density at radius 1 is 1.43 bits per heavy atom. The lowest BCUT2D eigenvalue weighted by Crippen LogP contribution is -2.09. The molecule has 2 rings (SSSR count). The van der Waals surface area contributed by atoms with Crippen molar-refractivity contribution in [2.45, 2.75) is 19.4 Å². The first-order valence-corrected chi connectivity index (χ1v) is 4.69. The first kappa shape index (κ1) is 9.02. The highest BCUT2D eigenvalue weighted by Crippen LogP contribution is 2.20. The molecule has 0 aliphatic carbocycles. The molecule has 2 aromatic rings. The fourth-order valence-electron chi connectivity index (χ4n) is 1.61. The van der Waals surface area contributed by atoms with Gasteiger partial charge in [-0.15, -0.1) is 0 Å². The van der Waals surface area contributed by atoms with E-state index in [9.17, 15) is 4.79 Å². The van der Waals surface area contributed by atoms with Gasteiger partial charge >= 0.3 is 5.69 Å². The SMILES string of the molecule is CCC(N)c1cccc2[nH]c(=O)[nH]c12. The summed E-state index contributed by atoms with van der Waals surface area (Å²) in [6.45, 7) is 2.02. The van der Waals surface area contributed by atoms with E-state index in [-0.39, 0.29) is 11.7 Å². The van der Waals surface area contributed by atoms with Crippen LogP contribution in [0.15, 0.2) is 23.0 Å². The molecule has 74 valence electrons. The molecule has 1 heterocycles. The molecule has 4 heteroatoms. The first-order chi connectivity index (χ1) is 6.72. The Kier molecular flexibility index (Phi) is 2.13. The molecule has 4 N–H and O–H groups in total. The number of nitrogens with one attached hydrogen (secondary N) is 2. The van der Waals surface area contributed by atoms with Crippen molar-refractivity contribution in [3.8, 4) is 0 Å². The summed E-state index contributed by atoms with van der Waals surface area (Å²) in [5.41, 5.74) is 8.38. The van der Waals surface area contributed by atoms with Gasteiger partial charge in [-0.1, -0.05) is 19.1 Å². The van der Waals surface area contributed by atoms with E-state index in [1.807, 2.05) is 25.1 Å². The zero-order chi connectivity index (χ0) is 10.1. The minimum atomic E-state index is -0.184. The van der Waals surface area contributed by atoms with E-state index in [2.05, 4.69) is 9.97 Å². The molecule has 0 saturated carbocycles. The summed E-state index contributed by atoms with van der Waals surface area (Å²) in [6.07, 6.45) is 0.853. The van der Waals surface area contributed by atoms with Gasteiger partial charge in [0.05, 0.1) is 11.0 Å². The fraction of sp³-hybridized carbons (Fsp3) is 0.300. The molecule has 0 bridgehead atoms. The van der Waals surface area contributed by atoms with Crippen LogP contribution in [-0.2, 0) is 0 Å². The highest BCUT2D eigenvalue weighted by molar-refractivity contribution is 5.78. The largest absolute Gasteiger partial charge is 0.324 e. The number of benzene rings is 1. The second kappa shape index (κ2) is 3.31. The van der Waals surface area contributed by atoms with Crippen LogP contribution in [0, 0.1) is 0 Å². The fourth-order valence-corrected chi connectivity index (χ4v) is 1.61. The minimum absolute atomic E-state index is 0.0230. The zero-order valence-electron chi connectivity index (χ0n) is 8.00. The molecule has 0 fully saturated rings. The number of H-pyrrole nitrogens is 2. The number of aromatic amines is 2. The monoisotopic (exact) mass is 191 g/mol. The number of nitrogens with two attached hydrogens (primary N) is 1. The lowest BCUT2D eigenvalue weighted by Gasteiger charge is -2.09. The zero-order valence-corrected chi connectivity index (χ0v) is 8.00. The summed E-state index contributed by atoms with van der Waals surface area (Å²) in [4.78, 5) is 16.6. The lowest BCUT2D eigenvalue weighted by molar-refractivity contribution is 0.703. The molecule has 0 saturated heterocycles. The van der Waals surface area contributed by atoms with Crippen LogP contribution in [0.3, 0.4) is 0 Å². The van der Waals surface area contributed by atoms with Gasteiger partial charge in [-0.3, -0.25) is 0 Å². The van der Waals surface area contributed by atoms with Gasteiger partial charge in [-0.05, 0) is 18.1 Å². The highest BCUT2D eigenvalue weighted by Gasteiger charge is 2.09. The van der Waals surface area contributed by atoms with Gasteiger partial charge in [0, 0.05) is 6.04 Å². The van der Waals surface area contributed by atoms with Crippen LogP contribution in [0.4, 0.5) is 0 Å². The first-order valence-electron chi connectivity index (χ1n) is 4.69. The Morgan fingerprint density at radius 3 is 2.93 bits per heavy atom. The van der Waals surface area contributed by atoms with Crippen LogP contribution in [0.2, 0.25) is 0 Å². The van der Waals surface area contributed by atoms with Gasteiger partial charge in [0.15, 0.2) is 0 Å². The number of hydrogen-bond donors (Lipinski definition) is 3. The maximum absolute atomic E-state index is 11.1. The van der Waals surface area contributed by atoms with Crippen LogP contribution in [-0.4, -0.2) is 9.97 Å². The van der Waals surface area contributed by atoms with Crippen molar-refractivity contribution in [2.24, 2.45) is 5.73 Å². The molecule has 4 nitrogen and oxygen atoms in total. The molecular formula is C10H13N3O. The molecule has 0 radical (unpaired) electrons. The Hall–Kier alpha value is -1.55. The van der Waals surface area contributed by atoms with Crippen LogP contribution >= 0.6 is 0 Å². The summed E-state index contributed by atoms with van der Waals surface area (Å²) >= 11 is 0. The maximum Gasteiger partial charge on any atom is 0.323 e. The molecule has 0 aliphatic heterocycles. The van der Waals surface area contributed by atoms with Crippen LogP contribution in [0.5, 0.6) is 0 Å². The summed E-state index contributed by atoms with van der Waals surface area (Å²) in [7, 11) is 0. The Labute approximate surface area is 81.1 Å². The number of fused-ring (bicyclic) bond motifs is 1. The topological polar surface area (TPSA) is 74.7 Å². The number of aromatic nitrogens is 2. The van der Waals surface area contributed by atoms with E-state index in [4.69, 9.17) is 5.73 Å². The van der Waals surface area contributed by atoms with Crippen LogP contribution < -0.4 is 11.4 Å². The number of rotatable bonds is 2. The van der Waals surface area contributed by atoms with Gasteiger partial charge in [0.2, 0.25) is 0 Å². The molecule has 0 aliphatic rings. The third-order valence-electron chi connectivity index (χ3n) is 2.42. The van der Waals surface area contributed by atoms with Gasteiger partial charge in [0.1, 0.15) is 0 Å². The van der Waals surface area contributed by atoms with E-state index in [1.54, 1.807) is 0 Å². The van der Waals surface area contributed by atoms with Crippen molar-refractivity contribution in [1.82, 2.24) is 9.97 Å². The predicted molar refractivity (Wildman–Crippen MR) is 56.1 cm³/mol. The Morgan fingerprint density at radius 2 is 2.21 bits per heavy atom. The minimum Gasteiger partial charge on any atom is -0.324 e. The standard InChI is InChI=1S/C10H13N3O/c1-2-7(11)6-4-3-5-8-9(6)13-10(14)12-8/h3-5,7H,2,11H2,1H3,(H2,12,13,14). The molecule has 14 heavy (non-hydrogen) atoms. The van der Waals surface area contributed by atoms with Crippen molar-refractivity contribution >= 4 is 11.0 Å². The van der Waals surface area contributed by atoms with E-state index >= 15 is 0 Å². The molecule has 1 atom stereocenters. The van der Waals surface area contributed by atoms with Crippen molar-refractivity contribution in [3.63, 3.8) is 0 Å². The van der Waals surface area contributed by atoms with Gasteiger partial charge in [0.25, 0.3) is 0 Å². The lowest BCUT2D eigenvalue weighted by atomic mass is 10.0. The van der Waals surface area contributed by atoms with Crippen LogP contribution in [0.1, 0.15) is 24.9 Å². The molecule has 0 spiro atoms. The Balaban J connectivity index is 2.70. The van der Waals surface area contributed by atoms with E-state index in [0.29, 0.717) is 0 Å². The quantitative estimate of drug-likeness (QED) is 0.668. The van der Waals surface area contributed by atoms with E-state index in [0.717, 1.165) is 23.0 Å². The average molecular weight is 191 g/mol. The predicted octanol–water partition coefficient (Wildman–Crippen LogP) is 1.27. The third-order valence-corrected chi connectivity index (χ3v) is 2.42. The van der Waals surface area contributed by atoms with Crippen molar-refractivity contribution in [1.29, 1.82) is 0 Å². The van der Waals surface area contributed by atoms with Gasteiger partial charge < -0.3 is 15.7 Å². The van der Waals surface area contributed by atoms with Gasteiger partial charge in [-0.2, -0.15) is 0 Å². The normalized spacial score (nSPS) is 13.3. The number of para-hydroxylation sites is 1. The summed E-state index contributed by atoms with van der Waals surface area (Å²) in [5.74, 6) is 0. The molecular weight excluding hydrogens is 178 g/mol.